The molecule has 10 heteroatoms. The molecule has 0 unspecified atom stereocenters. The lowest BCUT2D eigenvalue weighted by atomic mass is 9.84. The predicted octanol–water partition coefficient (Wildman–Crippen LogP) is 4.60. The summed E-state index contributed by atoms with van der Waals surface area (Å²) in [6, 6.07) is 25.2. The zero-order valence-corrected chi connectivity index (χ0v) is 24.7. The fraction of sp³-hybridized carbons (Fsp3) is 0.364. The number of nitrogens with two attached hydrogens (primary N) is 1. The number of carbonyl (C=O) groups is 3. The first kappa shape index (κ1) is 31.5. The number of morpholine rings is 1. The summed E-state index contributed by atoms with van der Waals surface area (Å²) in [6.07, 6.45) is -0.817. The molecule has 1 saturated heterocycles. The first-order valence-corrected chi connectivity index (χ1v) is 14.3. The molecule has 10 nitrogen and oxygen atoms in total. The summed E-state index contributed by atoms with van der Waals surface area (Å²) in [6.45, 7) is 4.49. The van der Waals surface area contributed by atoms with Gasteiger partial charge in [-0.25, -0.2) is 9.59 Å². The van der Waals surface area contributed by atoms with E-state index >= 15 is 0 Å². The Bertz CT molecular complexity index is 1340. The van der Waals surface area contributed by atoms with E-state index in [1.807, 2.05) is 84.9 Å². The maximum absolute atomic E-state index is 14.0. The van der Waals surface area contributed by atoms with E-state index in [1.54, 1.807) is 13.8 Å². The first-order chi connectivity index (χ1) is 20.6. The standard InChI is InChI=1S/C33H40N4O6/c1-33(2,43-31(34)39)27-21-42-25(20-35-27)19-18-22-12-10-11-17-26(22)36-30(38)29(37(3)32(40)41)28(23-13-6-4-7-14-23)24-15-8-5-9-16-24/h4-17,25,27-29,35H,18-21H2,1-3H3,(H2,34,39)(H,36,38)(H,40,41)/t25-,27+,29+/m1/s1. The number of hydrogen-bond donors (Lipinski definition) is 4. The van der Waals surface area contributed by atoms with Gasteiger partial charge in [-0.15, -0.1) is 0 Å². The van der Waals surface area contributed by atoms with E-state index in [2.05, 4.69) is 10.6 Å². The van der Waals surface area contributed by atoms with Crippen molar-refractivity contribution in [1.29, 1.82) is 0 Å². The van der Waals surface area contributed by atoms with Gasteiger partial charge in [0.05, 0.1) is 18.8 Å². The van der Waals surface area contributed by atoms with E-state index < -0.39 is 35.7 Å². The van der Waals surface area contributed by atoms with Crippen molar-refractivity contribution < 1.29 is 29.0 Å². The molecular formula is C33H40N4O6. The molecule has 3 aromatic rings. The van der Waals surface area contributed by atoms with Crippen LogP contribution in [0.4, 0.5) is 15.3 Å². The molecule has 1 aliphatic heterocycles. The number of nitrogens with one attached hydrogen (secondary N) is 2. The summed E-state index contributed by atoms with van der Waals surface area (Å²) in [5.41, 5.74) is 7.59. The zero-order chi connectivity index (χ0) is 31.0. The minimum atomic E-state index is -1.20. The van der Waals surface area contributed by atoms with Crippen LogP contribution >= 0.6 is 0 Å². The van der Waals surface area contributed by atoms with E-state index in [0.717, 1.165) is 21.6 Å². The van der Waals surface area contributed by atoms with Gasteiger partial charge in [-0.1, -0.05) is 78.9 Å². The summed E-state index contributed by atoms with van der Waals surface area (Å²) < 4.78 is 11.3. The molecule has 1 heterocycles. The van der Waals surface area contributed by atoms with E-state index in [-0.39, 0.29) is 12.1 Å². The van der Waals surface area contributed by atoms with Crippen molar-refractivity contribution in [1.82, 2.24) is 10.2 Å². The second-order valence-corrected chi connectivity index (χ2v) is 11.3. The predicted molar refractivity (Wildman–Crippen MR) is 164 cm³/mol. The lowest BCUT2D eigenvalue weighted by molar-refractivity contribution is -0.120. The maximum Gasteiger partial charge on any atom is 0.407 e. The van der Waals surface area contributed by atoms with Crippen molar-refractivity contribution in [2.24, 2.45) is 5.73 Å². The molecule has 0 spiro atoms. The van der Waals surface area contributed by atoms with E-state index in [0.29, 0.717) is 31.7 Å². The first-order valence-electron chi connectivity index (χ1n) is 14.3. The van der Waals surface area contributed by atoms with Crippen molar-refractivity contribution in [2.45, 2.75) is 56.4 Å². The number of aryl methyl sites for hydroxylation is 1. The van der Waals surface area contributed by atoms with E-state index in [9.17, 15) is 19.5 Å². The third kappa shape index (κ3) is 8.12. The molecule has 228 valence electrons. The van der Waals surface area contributed by atoms with Crippen LogP contribution in [0.25, 0.3) is 0 Å². The van der Waals surface area contributed by atoms with Gasteiger partial charge < -0.3 is 30.9 Å². The summed E-state index contributed by atoms with van der Waals surface area (Å²) in [5.74, 6) is -0.960. The van der Waals surface area contributed by atoms with Crippen LogP contribution in [0.2, 0.25) is 0 Å². The maximum atomic E-state index is 14.0. The topological polar surface area (TPSA) is 143 Å². The SMILES string of the molecule is CN(C(=O)O)[C@H](C(=O)Nc1ccccc1CC[C@@H]1CN[C@H](C(C)(C)OC(N)=O)CO1)C(c1ccccc1)c1ccccc1. The number of likely N-dealkylation sites (N-methyl/N-ethyl adjacent to an activating group) is 1. The van der Waals surface area contributed by atoms with Gasteiger partial charge in [0.15, 0.2) is 0 Å². The van der Waals surface area contributed by atoms with Crippen LogP contribution < -0.4 is 16.4 Å². The molecule has 5 N–H and O–H groups in total. The van der Waals surface area contributed by atoms with Crippen molar-refractivity contribution in [3.05, 3.63) is 102 Å². The normalized spacial score (nSPS) is 17.6. The molecule has 0 saturated carbocycles. The highest BCUT2D eigenvalue weighted by Gasteiger charge is 2.38. The molecule has 1 aliphatic rings. The van der Waals surface area contributed by atoms with Crippen molar-refractivity contribution >= 4 is 23.8 Å². The molecule has 0 aromatic heterocycles. The number of primary amides is 1. The van der Waals surface area contributed by atoms with Crippen LogP contribution in [-0.2, 0) is 20.7 Å². The number of ether oxygens (including phenoxy) is 2. The number of para-hydroxylation sites is 1. The molecule has 3 aromatic carbocycles. The Morgan fingerprint density at radius 1 is 1.02 bits per heavy atom. The van der Waals surface area contributed by atoms with Crippen LogP contribution in [0.1, 0.15) is 42.9 Å². The Balaban J connectivity index is 1.50. The van der Waals surface area contributed by atoms with Crippen molar-refractivity contribution in [2.75, 3.05) is 25.5 Å². The lowest BCUT2D eigenvalue weighted by Crippen LogP contribution is -2.58. The van der Waals surface area contributed by atoms with Gasteiger partial charge in [0.1, 0.15) is 11.6 Å². The molecule has 4 rings (SSSR count). The number of anilines is 1. The van der Waals surface area contributed by atoms with Gasteiger partial charge in [-0.05, 0) is 49.4 Å². The number of rotatable bonds is 11. The van der Waals surface area contributed by atoms with Crippen molar-refractivity contribution in [3.63, 3.8) is 0 Å². The van der Waals surface area contributed by atoms with Crippen LogP contribution in [0.3, 0.4) is 0 Å². The summed E-state index contributed by atoms with van der Waals surface area (Å²) in [7, 11) is 1.42. The van der Waals surface area contributed by atoms with Crippen LogP contribution in [0, 0.1) is 0 Å². The Morgan fingerprint density at radius 3 is 2.14 bits per heavy atom. The van der Waals surface area contributed by atoms with Gasteiger partial charge in [0.2, 0.25) is 5.91 Å². The molecule has 0 bridgehead atoms. The second-order valence-electron chi connectivity index (χ2n) is 11.3. The Morgan fingerprint density at radius 2 is 1.60 bits per heavy atom. The summed E-state index contributed by atoms with van der Waals surface area (Å²) in [5, 5.41) is 16.4. The number of nitrogens with zero attached hydrogens (tertiary/aromatic N) is 1. The number of benzene rings is 3. The summed E-state index contributed by atoms with van der Waals surface area (Å²) >= 11 is 0. The minimum absolute atomic E-state index is 0.0872. The number of carboxylic acid groups (broad SMARTS) is 1. The highest BCUT2D eigenvalue weighted by molar-refractivity contribution is 5.98. The van der Waals surface area contributed by atoms with Crippen LogP contribution in [-0.4, -0.2) is 72.1 Å². The van der Waals surface area contributed by atoms with Gasteiger partial charge in [0.25, 0.3) is 0 Å². The highest BCUT2D eigenvalue weighted by atomic mass is 16.6. The molecular weight excluding hydrogens is 548 g/mol. The van der Waals surface area contributed by atoms with Gasteiger partial charge in [-0.3, -0.25) is 9.69 Å². The van der Waals surface area contributed by atoms with Gasteiger partial charge in [-0.2, -0.15) is 0 Å². The second kappa shape index (κ2) is 14.2. The fourth-order valence-electron chi connectivity index (χ4n) is 5.52. The number of hydrogen-bond acceptors (Lipinski definition) is 6. The quantitative estimate of drug-likeness (QED) is 0.256. The largest absolute Gasteiger partial charge is 0.465 e. The smallest absolute Gasteiger partial charge is 0.407 e. The Labute approximate surface area is 252 Å². The number of amides is 3. The summed E-state index contributed by atoms with van der Waals surface area (Å²) in [4.78, 5) is 38.6. The molecule has 0 radical (unpaired) electrons. The molecule has 3 amide bonds. The van der Waals surface area contributed by atoms with Gasteiger partial charge in [0, 0.05) is 25.2 Å². The fourth-order valence-corrected chi connectivity index (χ4v) is 5.52. The minimum Gasteiger partial charge on any atom is -0.465 e. The molecule has 0 aliphatic carbocycles. The van der Waals surface area contributed by atoms with Crippen LogP contribution in [0.15, 0.2) is 84.9 Å². The van der Waals surface area contributed by atoms with E-state index in [4.69, 9.17) is 15.2 Å². The Kier molecular flexibility index (Phi) is 10.4. The van der Waals surface area contributed by atoms with Gasteiger partial charge >= 0.3 is 12.2 Å². The van der Waals surface area contributed by atoms with Crippen molar-refractivity contribution in [3.8, 4) is 0 Å². The Hall–Kier alpha value is -4.41. The number of carbonyl (C=O) groups excluding carboxylic acids is 2. The highest BCUT2D eigenvalue weighted by Crippen LogP contribution is 2.32. The average Bonchev–Trinajstić information content (AvgIpc) is 2.99. The average molecular weight is 589 g/mol. The molecule has 1 fully saturated rings. The third-order valence-electron chi connectivity index (χ3n) is 7.92. The molecule has 43 heavy (non-hydrogen) atoms. The molecule has 3 atom stereocenters. The van der Waals surface area contributed by atoms with Crippen LogP contribution in [0.5, 0.6) is 0 Å². The van der Waals surface area contributed by atoms with E-state index in [1.165, 1.54) is 7.05 Å². The monoisotopic (exact) mass is 588 g/mol. The third-order valence-corrected chi connectivity index (χ3v) is 7.92. The lowest BCUT2D eigenvalue weighted by Gasteiger charge is -2.39. The zero-order valence-electron chi connectivity index (χ0n) is 24.7.